The summed E-state index contributed by atoms with van der Waals surface area (Å²) in [4.78, 5) is 13.2. The van der Waals surface area contributed by atoms with Gasteiger partial charge in [-0.05, 0) is 25.5 Å². The normalized spacial score (nSPS) is 10.3. The van der Waals surface area contributed by atoms with Gasteiger partial charge < -0.3 is 0 Å². The Hall–Kier alpha value is -1.54. The molecule has 0 fully saturated rings. The molecule has 0 amide bonds. The summed E-state index contributed by atoms with van der Waals surface area (Å²) in [7, 11) is 0. The van der Waals surface area contributed by atoms with Gasteiger partial charge >= 0.3 is 0 Å². The Morgan fingerprint density at radius 2 is 1.78 bits per heavy atom. The first-order valence-corrected chi connectivity index (χ1v) is 6.93. The summed E-state index contributed by atoms with van der Waals surface area (Å²) in [6.07, 6.45) is 0. The van der Waals surface area contributed by atoms with Crippen molar-refractivity contribution in [3.05, 3.63) is 65.2 Å². The summed E-state index contributed by atoms with van der Waals surface area (Å²) in [5, 5.41) is 0. The molecule has 2 aromatic carbocycles. The quantitative estimate of drug-likeness (QED) is 0.600. The predicted molar refractivity (Wildman–Crippen MR) is 77.4 cm³/mol. The fourth-order valence-corrected chi connectivity index (χ4v) is 2.73. The smallest absolute Gasteiger partial charge is 0.173 e. The summed E-state index contributed by atoms with van der Waals surface area (Å²) in [5.41, 5.74) is 3.25. The van der Waals surface area contributed by atoms with Crippen LogP contribution in [0.25, 0.3) is 0 Å². The zero-order chi connectivity index (χ0) is 13.0. The van der Waals surface area contributed by atoms with Gasteiger partial charge in [-0.1, -0.05) is 48.0 Å². The molecule has 0 saturated heterocycles. The van der Waals surface area contributed by atoms with Crippen molar-refractivity contribution >= 4 is 17.5 Å². The fraction of sp³-hybridized carbons (Fsp3) is 0.188. The number of ketones is 1. The van der Waals surface area contributed by atoms with Crippen molar-refractivity contribution in [1.29, 1.82) is 0 Å². The van der Waals surface area contributed by atoms with Gasteiger partial charge in [0.15, 0.2) is 5.78 Å². The van der Waals surface area contributed by atoms with E-state index in [-0.39, 0.29) is 5.78 Å². The third kappa shape index (κ3) is 3.23. The summed E-state index contributed by atoms with van der Waals surface area (Å²) in [6, 6.07) is 15.8. The Balaban J connectivity index is 2.04. The zero-order valence-corrected chi connectivity index (χ0v) is 11.5. The second kappa shape index (κ2) is 5.87. The number of carbonyl (C=O) groups excluding carboxylic acids is 1. The molecule has 0 atom stereocenters. The number of hydrogen-bond acceptors (Lipinski definition) is 2. The molecule has 0 N–H and O–H groups in total. The van der Waals surface area contributed by atoms with E-state index < -0.39 is 0 Å². The molecule has 0 aliphatic carbocycles. The van der Waals surface area contributed by atoms with Crippen molar-refractivity contribution < 1.29 is 4.79 Å². The topological polar surface area (TPSA) is 17.1 Å². The Kier molecular flexibility index (Phi) is 4.21. The average molecular weight is 256 g/mol. The molecule has 2 rings (SSSR count). The van der Waals surface area contributed by atoms with Crippen molar-refractivity contribution in [3.63, 3.8) is 0 Å². The van der Waals surface area contributed by atoms with Crippen LogP contribution in [0.1, 0.15) is 21.5 Å². The van der Waals surface area contributed by atoms with Crippen molar-refractivity contribution in [2.24, 2.45) is 0 Å². The summed E-state index contributed by atoms with van der Waals surface area (Å²) in [5.74, 6) is 0.676. The summed E-state index contributed by atoms with van der Waals surface area (Å²) in [6.45, 7) is 4.15. The highest BCUT2D eigenvalue weighted by atomic mass is 32.2. The van der Waals surface area contributed by atoms with Crippen molar-refractivity contribution in [1.82, 2.24) is 0 Å². The van der Waals surface area contributed by atoms with E-state index in [1.165, 1.54) is 16.0 Å². The Morgan fingerprint density at radius 1 is 1.06 bits per heavy atom. The van der Waals surface area contributed by atoms with E-state index in [0.29, 0.717) is 5.75 Å². The second-order valence-corrected chi connectivity index (χ2v) is 5.36. The molecule has 92 valence electrons. The van der Waals surface area contributed by atoms with Gasteiger partial charge in [0.1, 0.15) is 0 Å². The average Bonchev–Trinajstić information content (AvgIpc) is 2.40. The fourth-order valence-electron chi connectivity index (χ4n) is 1.71. The van der Waals surface area contributed by atoms with Gasteiger partial charge in [0, 0.05) is 10.5 Å². The van der Waals surface area contributed by atoms with Crippen LogP contribution in [0.15, 0.2) is 53.4 Å². The van der Waals surface area contributed by atoms with E-state index in [0.717, 1.165) is 5.56 Å². The lowest BCUT2D eigenvalue weighted by atomic mass is 10.2. The molecule has 2 heteroatoms. The standard InChI is InChI=1S/C16H16OS/c1-12-8-9-13(2)16(10-12)18-11-15(17)14-6-4-3-5-7-14/h3-10H,11H2,1-2H3. The molecule has 1 nitrogen and oxygen atoms in total. The minimum Gasteiger partial charge on any atom is -0.293 e. The molecule has 2 aromatic rings. The number of carbonyl (C=O) groups is 1. The van der Waals surface area contributed by atoms with Crippen LogP contribution >= 0.6 is 11.8 Å². The van der Waals surface area contributed by atoms with Crippen molar-refractivity contribution in [2.45, 2.75) is 18.7 Å². The largest absolute Gasteiger partial charge is 0.293 e. The van der Waals surface area contributed by atoms with Gasteiger partial charge in [-0.3, -0.25) is 4.79 Å². The second-order valence-electron chi connectivity index (χ2n) is 4.35. The highest BCUT2D eigenvalue weighted by molar-refractivity contribution is 8.00. The summed E-state index contributed by atoms with van der Waals surface area (Å²) < 4.78 is 0. The first-order valence-electron chi connectivity index (χ1n) is 5.95. The Morgan fingerprint density at radius 3 is 2.50 bits per heavy atom. The van der Waals surface area contributed by atoms with E-state index >= 15 is 0 Å². The molecule has 0 heterocycles. The highest BCUT2D eigenvalue weighted by Gasteiger charge is 2.07. The van der Waals surface area contributed by atoms with Crippen LogP contribution in [0, 0.1) is 13.8 Å². The van der Waals surface area contributed by atoms with E-state index in [1.54, 1.807) is 11.8 Å². The maximum atomic E-state index is 12.0. The molecular weight excluding hydrogens is 240 g/mol. The van der Waals surface area contributed by atoms with Crippen LogP contribution in [0.5, 0.6) is 0 Å². The first-order chi connectivity index (χ1) is 8.66. The van der Waals surface area contributed by atoms with Crippen LogP contribution in [-0.2, 0) is 0 Å². The third-order valence-electron chi connectivity index (χ3n) is 2.80. The van der Waals surface area contributed by atoms with E-state index in [4.69, 9.17) is 0 Å². The Labute approximate surface area is 112 Å². The lowest BCUT2D eigenvalue weighted by Crippen LogP contribution is -2.02. The number of benzene rings is 2. The monoisotopic (exact) mass is 256 g/mol. The van der Waals surface area contributed by atoms with Crippen molar-refractivity contribution in [3.8, 4) is 0 Å². The SMILES string of the molecule is Cc1ccc(C)c(SCC(=O)c2ccccc2)c1. The predicted octanol–water partition coefficient (Wildman–Crippen LogP) is 4.28. The number of Topliss-reactive ketones (excluding diaryl/α,β-unsaturated/α-hetero) is 1. The molecule has 0 aliphatic rings. The van der Waals surface area contributed by atoms with Gasteiger partial charge in [0.05, 0.1) is 5.75 Å². The van der Waals surface area contributed by atoms with Crippen LogP contribution in [0.3, 0.4) is 0 Å². The van der Waals surface area contributed by atoms with Gasteiger partial charge in [0.2, 0.25) is 0 Å². The van der Waals surface area contributed by atoms with Crippen LogP contribution in [0.2, 0.25) is 0 Å². The minimum atomic E-state index is 0.182. The number of rotatable bonds is 4. The van der Waals surface area contributed by atoms with Crippen LogP contribution < -0.4 is 0 Å². The molecule has 0 aromatic heterocycles. The number of hydrogen-bond donors (Lipinski definition) is 0. The van der Waals surface area contributed by atoms with Crippen LogP contribution in [-0.4, -0.2) is 11.5 Å². The molecule has 18 heavy (non-hydrogen) atoms. The molecule has 0 unspecified atom stereocenters. The molecule has 0 bridgehead atoms. The highest BCUT2D eigenvalue weighted by Crippen LogP contribution is 2.24. The molecule has 0 aliphatic heterocycles. The maximum absolute atomic E-state index is 12.0. The van der Waals surface area contributed by atoms with E-state index in [9.17, 15) is 4.79 Å². The molecule has 0 radical (unpaired) electrons. The van der Waals surface area contributed by atoms with Crippen molar-refractivity contribution in [2.75, 3.05) is 5.75 Å². The summed E-state index contributed by atoms with van der Waals surface area (Å²) >= 11 is 1.61. The van der Waals surface area contributed by atoms with Crippen LogP contribution in [0.4, 0.5) is 0 Å². The number of aryl methyl sites for hydroxylation is 2. The van der Waals surface area contributed by atoms with E-state index in [2.05, 4.69) is 32.0 Å². The van der Waals surface area contributed by atoms with Gasteiger partial charge in [-0.15, -0.1) is 11.8 Å². The first kappa shape index (κ1) is 12.9. The van der Waals surface area contributed by atoms with E-state index in [1.807, 2.05) is 30.3 Å². The zero-order valence-electron chi connectivity index (χ0n) is 10.6. The lowest BCUT2D eigenvalue weighted by Gasteiger charge is -2.06. The molecule has 0 spiro atoms. The van der Waals surface area contributed by atoms with Gasteiger partial charge in [-0.2, -0.15) is 0 Å². The molecule has 0 saturated carbocycles. The lowest BCUT2D eigenvalue weighted by molar-refractivity contribution is 0.102. The minimum absolute atomic E-state index is 0.182. The maximum Gasteiger partial charge on any atom is 0.173 e. The van der Waals surface area contributed by atoms with Gasteiger partial charge in [0.25, 0.3) is 0 Å². The Bertz CT molecular complexity index is 546. The van der Waals surface area contributed by atoms with Gasteiger partial charge in [-0.25, -0.2) is 0 Å². The number of thioether (sulfide) groups is 1. The molecular formula is C16H16OS. The third-order valence-corrected chi connectivity index (χ3v) is 3.96.